The maximum absolute atomic E-state index is 11.3. The van der Waals surface area contributed by atoms with Crippen LogP contribution in [0.5, 0.6) is 0 Å². The van der Waals surface area contributed by atoms with Gasteiger partial charge in [-0.15, -0.1) is 0 Å². The van der Waals surface area contributed by atoms with E-state index in [0.717, 1.165) is 13.1 Å². The summed E-state index contributed by atoms with van der Waals surface area (Å²) in [4.78, 5) is 15.1. The minimum absolute atomic E-state index is 0.226. The van der Waals surface area contributed by atoms with Gasteiger partial charge in [-0.1, -0.05) is 20.8 Å². The molecule has 1 aromatic heterocycles. The van der Waals surface area contributed by atoms with Gasteiger partial charge in [-0.25, -0.2) is 4.98 Å². The second-order valence-corrected chi connectivity index (χ2v) is 6.40. The molecule has 101 valence electrons. The lowest BCUT2D eigenvalue weighted by atomic mass is 9.96. The Hall–Kier alpha value is -1.36. The predicted octanol–water partition coefficient (Wildman–Crippen LogP) is 1.15. The summed E-state index contributed by atoms with van der Waals surface area (Å²) in [7, 11) is 0. The summed E-state index contributed by atoms with van der Waals surface area (Å²) in [5.41, 5.74) is 5.24. The molecule has 0 saturated carbocycles. The summed E-state index contributed by atoms with van der Waals surface area (Å²) in [6.07, 6.45) is 4.34. The summed E-state index contributed by atoms with van der Waals surface area (Å²) < 4.78 is 1.77. The van der Waals surface area contributed by atoms with E-state index < -0.39 is 5.91 Å². The van der Waals surface area contributed by atoms with E-state index in [1.165, 1.54) is 0 Å². The number of nitrogens with two attached hydrogens (primary N) is 1. The Kier molecular flexibility index (Phi) is 4.16. The molecule has 0 spiro atoms. The van der Waals surface area contributed by atoms with Gasteiger partial charge in [0, 0.05) is 19.3 Å². The Morgan fingerprint density at radius 1 is 1.39 bits per heavy atom. The van der Waals surface area contributed by atoms with Crippen LogP contribution in [0.2, 0.25) is 0 Å². The van der Waals surface area contributed by atoms with Gasteiger partial charge in [-0.3, -0.25) is 4.79 Å². The van der Waals surface area contributed by atoms with Crippen LogP contribution < -0.4 is 11.1 Å². The fourth-order valence-corrected chi connectivity index (χ4v) is 1.73. The first-order valence-corrected chi connectivity index (χ1v) is 6.10. The summed E-state index contributed by atoms with van der Waals surface area (Å²) >= 11 is 0. The summed E-state index contributed by atoms with van der Waals surface area (Å²) in [6.45, 7) is 12.2. The van der Waals surface area contributed by atoms with Crippen molar-refractivity contribution in [1.82, 2.24) is 14.9 Å². The molecule has 1 rings (SSSR count). The van der Waals surface area contributed by atoms with E-state index in [2.05, 4.69) is 37.3 Å². The van der Waals surface area contributed by atoms with Crippen LogP contribution in [0.15, 0.2) is 6.20 Å². The van der Waals surface area contributed by atoms with Crippen LogP contribution in [0.25, 0.3) is 0 Å². The number of primary amides is 1. The van der Waals surface area contributed by atoms with Gasteiger partial charge >= 0.3 is 0 Å². The molecule has 0 aliphatic carbocycles. The van der Waals surface area contributed by atoms with Crippen molar-refractivity contribution in [2.45, 2.75) is 40.2 Å². The van der Waals surface area contributed by atoms with Crippen molar-refractivity contribution in [2.24, 2.45) is 11.1 Å². The van der Waals surface area contributed by atoms with Gasteiger partial charge in [0.1, 0.15) is 6.20 Å². The average Bonchev–Trinajstić information content (AvgIpc) is 2.63. The third kappa shape index (κ3) is 3.84. The fourth-order valence-electron chi connectivity index (χ4n) is 1.73. The fraction of sp³-hybridized carbons (Fsp3) is 0.692. The monoisotopic (exact) mass is 251 g/mol. The molecule has 0 aromatic carbocycles. The molecule has 0 atom stereocenters. The van der Waals surface area contributed by atoms with Crippen LogP contribution in [-0.4, -0.2) is 28.5 Å². The molecule has 5 nitrogen and oxygen atoms in total. The molecule has 1 heterocycles. The lowest BCUT2D eigenvalue weighted by Crippen LogP contribution is -2.42. The smallest absolute Gasteiger partial charge is 0.284 e. The molecule has 0 fully saturated rings. The molecule has 0 aliphatic heterocycles. The van der Waals surface area contributed by atoms with Crippen LogP contribution in [0.4, 0.5) is 0 Å². The molecule has 0 aliphatic rings. The minimum atomic E-state index is -0.528. The standard InChI is InChI=1S/C13H23N4O/c1-12(2,3)8-15-9-13(4,5)17-7-6-16-11(17)10(14)18/h7,15H,8-9H2,1-5H3,(H2,14,18). The third-order valence-electron chi connectivity index (χ3n) is 2.67. The Morgan fingerprint density at radius 3 is 2.50 bits per heavy atom. The predicted molar refractivity (Wildman–Crippen MR) is 71.2 cm³/mol. The highest BCUT2D eigenvalue weighted by Crippen LogP contribution is 2.17. The van der Waals surface area contributed by atoms with Gasteiger partial charge in [0.05, 0.1) is 5.54 Å². The maximum atomic E-state index is 11.3. The van der Waals surface area contributed by atoms with Crippen LogP contribution in [0.3, 0.4) is 0 Å². The topological polar surface area (TPSA) is 72.9 Å². The highest BCUT2D eigenvalue weighted by atomic mass is 16.1. The van der Waals surface area contributed by atoms with Crippen molar-refractivity contribution in [3.8, 4) is 0 Å². The van der Waals surface area contributed by atoms with Crippen molar-refractivity contribution >= 4 is 5.91 Å². The molecule has 1 radical (unpaired) electrons. The van der Waals surface area contributed by atoms with E-state index in [-0.39, 0.29) is 16.8 Å². The number of amides is 1. The van der Waals surface area contributed by atoms with Crippen molar-refractivity contribution in [3.63, 3.8) is 0 Å². The van der Waals surface area contributed by atoms with Gasteiger partial charge in [0.2, 0.25) is 0 Å². The number of hydrogen-bond donors (Lipinski definition) is 2. The summed E-state index contributed by atoms with van der Waals surface area (Å²) in [5, 5.41) is 3.41. The highest BCUT2D eigenvalue weighted by molar-refractivity contribution is 5.89. The first-order chi connectivity index (χ1) is 8.13. The van der Waals surface area contributed by atoms with Gasteiger partial charge < -0.3 is 15.6 Å². The van der Waals surface area contributed by atoms with Crippen LogP contribution in [0.1, 0.15) is 45.2 Å². The third-order valence-corrected chi connectivity index (χ3v) is 2.67. The average molecular weight is 251 g/mol. The van der Waals surface area contributed by atoms with Gasteiger partial charge in [-0.05, 0) is 19.3 Å². The molecule has 18 heavy (non-hydrogen) atoms. The summed E-state index contributed by atoms with van der Waals surface area (Å²) in [6, 6.07) is 0. The van der Waals surface area contributed by atoms with E-state index in [9.17, 15) is 4.79 Å². The Bertz CT molecular complexity index is 415. The number of hydrogen-bond acceptors (Lipinski definition) is 3. The maximum Gasteiger partial charge on any atom is 0.284 e. The molecular weight excluding hydrogens is 228 g/mol. The number of nitrogens with one attached hydrogen (secondary N) is 1. The number of nitrogens with zero attached hydrogens (tertiary/aromatic N) is 2. The summed E-state index contributed by atoms with van der Waals surface area (Å²) in [5.74, 6) is -0.280. The van der Waals surface area contributed by atoms with Gasteiger partial charge in [0.25, 0.3) is 5.91 Å². The number of aromatic nitrogens is 2. The lowest BCUT2D eigenvalue weighted by molar-refractivity contribution is 0.0978. The van der Waals surface area contributed by atoms with E-state index in [0.29, 0.717) is 0 Å². The lowest BCUT2D eigenvalue weighted by Gasteiger charge is -2.30. The molecule has 0 saturated heterocycles. The van der Waals surface area contributed by atoms with Gasteiger partial charge in [0.15, 0.2) is 5.82 Å². The zero-order chi connectivity index (χ0) is 14.0. The van der Waals surface area contributed by atoms with Crippen molar-refractivity contribution in [1.29, 1.82) is 0 Å². The van der Waals surface area contributed by atoms with Crippen LogP contribution >= 0.6 is 0 Å². The quantitative estimate of drug-likeness (QED) is 0.824. The van der Waals surface area contributed by atoms with Gasteiger partial charge in [-0.2, -0.15) is 0 Å². The van der Waals surface area contributed by atoms with Crippen LogP contribution in [0, 0.1) is 11.6 Å². The number of imidazole rings is 1. The Morgan fingerprint density at radius 2 is 2.00 bits per heavy atom. The molecule has 3 N–H and O–H groups in total. The van der Waals surface area contributed by atoms with E-state index in [1.807, 2.05) is 13.8 Å². The van der Waals surface area contributed by atoms with Crippen molar-refractivity contribution in [2.75, 3.05) is 13.1 Å². The second kappa shape index (κ2) is 5.10. The number of rotatable bonds is 5. The van der Waals surface area contributed by atoms with Crippen molar-refractivity contribution < 1.29 is 4.79 Å². The normalized spacial score (nSPS) is 12.7. The zero-order valence-corrected chi connectivity index (χ0v) is 11.9. The number of carbonyl (C=O) groups excluding carboxylic acids is 1. The SMILES string of the molecule is CC(C)(C)CNCC(C)(C)n1c[c]nc1C(N)=O. The molecule has 5 heteroatoms. The molecule has 1 amide bonds. The second-order valence-electron chi connectivity index (χ2n) is 6.40. The minimum Gasteiger partial charge on any atom is -0.363 e. The van der Waals surface area contributed by atoms with Crippen molar-refractivity contribution in [3.05, 3.63) is 18.2 Å². The Balaban J connectivity index is 2.74. The Labute approximate surface area is 109 Å². The molecule has 0 bridgehead atoms. The largest absolute Gasteiger partial charge is 0.363 e. The first-order valence-electron chi connectivity index (χ1n) is 6.10. The molecule has 1 aromatic rings. The molecule has 0 unspecified atom stereocenters. The number of carbonyl (C=O) groups is 1. The van der Waals surface area contributed by atoms with E-state index in [1.54, 1.807) is 10.8 Å². The first kappa shape index (κ1) is 14.7. The zero-order valence-electron chi connectivity index (χ0n) is 11.9. The van der Waals surface area contributed by atoms with E-state index in [4.69, 9.17) is 5.73 Å². The van der Waals surface area contributed by atoms with Crippen LogP contribution in [-0.2, 0) is 5.54 Å². The highest BCUT2D eigenvalue weighted by Gasteiger charge is 2.25. The molecular formula is C13H23N4O. The van der Waals surface area contributed by atoms with E-state index >= 15 is 0 Å².